The molecule has 20 heavy (non-hydrogen) atoms. The molecular formula is C17H19NO2. The van der Waals surface area contributed by atoms with Crippen LogP contribution in [0.5, 0.6) is 5.75 Å². The molecule has 0 unspecified atom stereocenters. The molecule has 0 aliphatic rings. The van der Waals surface area contributed by atoms with E-state index in [4.69, 9.17) is 4.74 Å². The first-order valence-corrected chi connectivity index (χ1v) is 6.74. The number of carbonyl (C=O) groups excluding carboxylic acids is 1. The van der Waals surface area contributed by atoms with Gasteiger partial charge in [-0.2, -0.15) is 0 Å². The Morgan fingerprint density at radius 3 is 2.45 bits per heavy atom. The second kappa shape index (κ2) is 7.34. The highest BCUT2D eigenvalue weighted by Crippen LogP contribution is 2.10. The summed E-state index contributed by atoms with van der Waals surface area (Å²) in [5, 5.41) is 2.85. The van der Waals surface area contributed by atoms with Gasteiger partial charge in [-0.25, -0.2) is 0 Å². The van der Waals surface area contributed by atoms with Crippen LogP contribution in [-0.4, -0.2) is 19.1 Å². The van der Waals surface area contributed by atoms with Crippen molar-refractivity contribution in [2.45, 2.75) is 13.3 Å². The van der Waals surface area contributed by atoms with Gasteiger partial charge in [0.25, 0.3) is 0 Å². The van der Waals surface area contributed by atoms with Gasteiger partial charge in [0.05, 0.1) is 13.0 Å². The number of hydrogen-bond acceptors (Lipinski definition) is 2. The third-order valence-corrected chi connectivity index (χ3v) is 2.92. The van der Waals surface area contributed by atoms with Crippen LogP contribution >= 0.6 is 0 Å². The molecule has 1 N–H and O–H groups in total. The minimum Gasteiger partial charge on any atom is -0.492 e. The van der Waals surface area contributed by atoms with Crippen molar-refractivity contribution in [1.29, 1.82) is 0 Å². The van der Waals surface area contributed by atoms with E-state index in [0.717, 1.165) is 11.3 Å². The fourth-order valence-corrected chi connectivity index (χ4v) is 1.84. The molecule has 0 saturated heterocycles. The molecule has 0 heterocycles. The molecule has 2 rings (SSSR count). The zero-order valence-corrected chi connectivity index (χ0v) is 11.6. The first-order valence-electron chi connectivity index (χ1n) is 6.74. The topological polar surface area (TPSA) is 38.3 Å². The largest absolute Gasteiger partial charge is 0.492 e. The highest BCUT2D eigenvalue weighted by atomic mass is 16.5. The average Bonchev–Trinajstić information content (AvgIpc) is 2.46. The molecule has 0 aliphatic heterocycles. The standard InChI is InChI=1S/C17H19NO2/c1-14-7-9-16(10-8-14)20-12-11-18-17(19)13-15-5-3-2-4-6-15/h2-10H,11-13H2,1H3,(H,18,19). The van der Waals surface area contributed by atoms with E-state index < -0.39 is 0 Å². The number of carbonyl (C=O) groups is 1. The van der Waals surface area contributed by atoms with Gasteiger partial charge in [0.15, 0.2) is 0 Å². The number of rotatable bonds is 6. The molecule has 0 bridgehead atoms. The average molecular weight is 269 g/mol. The van der Waals surface area contributed by atoms with Crippen molar-refractivity contribution in [3.8, 4) is 5.75 Å². The number of benzene rings is 2. The van der Waals surface area contributed by atoms with Gasteiger partial charge in [0.2, 0.25) is 5.91 Å². The lowest BCUT2D eigenvalue weighted by atomic mass is 10.1. The van der Waals surface area contributed by atoms with Crippen molar-refractivity contribution in [2.75, 3.05) is 13.2 Å². The van der Waals surface area contributed by atoms with Crippen molar-refractivity contribution in [1.82, 2.24) is 5.32 Å². The summed E-state index contributed by atoms with van der Waals surface area (Å²) < 4.78 is 5.55. The quantitative estimate of drug-likeness (QED) is 0.819. The maximum Gasteiger partial charge on any atom is 0.224 e. The second-order valence-corrected chi connectivity index (χ2v) is 4.67. The van der Waals surface area contributed by atoms with Crippen molar-refractivity contribution >= 4 is 5.91 Å². The fraction of sp³-hybridized carbons (Fsp3) is 0.235. The van der Waals surface area contributed by atoms with Gasteiger partial charge in [0.1, 0.15) is 12.4 Å². The predicted molar refractivity (Wildman–Crippen MR) is 79.8 cm³/mol. The number of ether oxygens (including phenoxy) is 1. The molecule has 0 atom stereocenters. The number of hydrogen-bond donors (Lipinski definition) is 1. The minimum atomic E-state index is 0.0173. The Labute approximate surface area is 119 Å². The van der Waals surface area contributed by atoms with Crippen LogP contribution in [-0.2, 0) is 11.2 Å². The lowest BCUT2D eigenvalue weighted by Crippen LogP contribution is -2.29. The fourth-order valence-electron chi connectivity index (χ4n) is 1.84. The van der Waals surface area contributed by atoms with E-state index in [1.165, 1.54) is 5.56 Å². The zero-order valence-electron chi connectivity index (χ0n) is 11.6. The van der Waals surface area contributed by atoms with E-state index in [1.807, 2.05) is 61.5 Å². The normalized spacial score (nSPS) is 10.1. The molecule has 0 aromatic heterocycles. The molecule has 0 radical (unpaired) electrons. The highest BCUT2D eigenvalue weighted by Gasteiger charge is 2.02. The summed E-state index contributed by atoms with van der Waals surface area (Å²) in [6.07, 6.45) is 0.408. The SMILES string of the molecule is Cc1ccc(OCCNC(=O)Cc2ccccc2)cc1. The first-order chi connectivity index (χ1) is 9.74. The predicted octanol–water partition coefficient (Wildman–Crippen LogP) is 2.73. The van der Waals surface area contributed by atoms with Gasteiger partial charge in [0, 0.05) is 0 Å². The minimum absolute atomic E-state index is 0.0173. The zero-order chi connectivity index (χ0) is 14.2. The van der Waals surface area contributed by atoms with Crippen LogP contribution in [0.3, 0.4) is 0 Å². The summed E-state index contributed by atoms with van der Waals surface area (Å²) >= 11 is 0. The van der Waals surface area contributed by atoms with Crippen molar-refractivity contribution in [3.63, 3.8) is 0 Å². The number of nitrogens with one attached hydrogen (secondary N) is 1. The smallest absolute Gasteiger partial charge is 0.224 e. The van der Waals surface area contributed by atoms with Crippen LogP contribution in [0.25, 0.3) is 0 Å². The molecule has 104 valence electrons. The summed E-state index contributed by atoms with van der Waals surface area (Å²) in [6, 6.07) is 17.6. The Morgan fingerprint density at radius 2 is 1.75 bits per heavy atom. The molecule has 0 saturated carbocycles. The van der Waals surface area contributed by atoms with Gasteiger partial charge < -0.3 is 10.1 Å². The third kappa shape index (κ3) is 4.76. The molecular weight excluding hydrogens is 250 g/mol. The van der Waals surface area contributed by atoms with Crippen molar-refractivity contribution < 1.29 is 9.53 Å². The third-order valence-electron chi connectivity index (χ3n) is 2.92. The molecule has 2 aromatic rings. The van der Waals surface area contributed by atoms with Gasteiger partial charge in [-0.05, 0) is 24.6 Å². The summed E-state index contributed by atoms with van der Waals surface area (Å²) in [5.41, 5.74) is 2.22. The van der Waals surface area contributed by atoms with E-state index in [2.05, 4.69) is 5.32 Å². The number of aryl methyl sites for hydroxylation is 1. The highest BCUT2D eigenvalue weighted by molar-refractivity contribution is 5.78. The van der Waals surface area contributed by atoms with Crippen LogP contribution in [0.2, 0.25) is 0 Å². The van der Waals surface area contributed by atoms with E-state index in [1.54, 1.807) is 0 Å². The van der Waals surface area contributed by atoms with Gasteiger partial charge >= 0.3 is 0 Å². The maximum atomic E-state index is 11.7. The van der Waals surface area contributed by atoms with Crippen LogP contribution in [0, 0.1) is 6.92 Å². The summed E-state index contributed by atoms with van der Waals surface area (Å²) in [5.74, 6) is 0.844. The van der Waals surface area contributed by atoms with Crippen LogP contribution in [0.1, 0.15) is 11.1 Å². The van der Waals surface area contributed by atoms with E-state index in [9.17, 15) is 4.79 Å². The second-order valence-electron chi connectivity index (χ2n) is 4.67. The van der Waals surface area contributed by atoms with Gasteiger partial charge in [-0.3, -0.25) is 4.79 Å². The Morgan fingerprint density at radius 1 is 1.05 bits per heavy atom. The maximum absolute atomic E-state index is 11.7. The van der Waals surface area contributed by atoms with Crippen molar-refractivity contribution in [2.24, 2.45) is 0 Å². The molecule has 1 amide bonds. The lowest BCUT2D eigenvalue weighted by molar-refractivity contribution is -0.120. The molecule has 3 heteroatoms. The Kier molecular flexibility index (Phi) is 5.18. The molecule has 3 nitrogen and oxygen atoms in total. The Hall–Kier alpha value is -2.29. The summed E-state index contributed by atoms with van der Waals surface area (Å²) in [4.78, 5) is 11.7. The molecule has 0 spiro atoms. The van der Waals surface area contributed by atoms with Gasteiger partial charge in [-0.1, -0.05) is 48.0 Å². The van der Waals surface area contributed by atoms with Crippen LogP contribution in [0.15, 0.2) is 54.6 Å². The van der Waals surface area contributed by atoms with E-state index >= 15 is 0 Å². The lowest BCUT2D eigenvalue weighted by Gasteiger charge is -2.08. The summed E-state index contributed by atoms with van der Waals surface area (Å²) in [6.45, 7) is 3.02. The van der Waals surface area contributed by atoms with Crippen LogP contribution < -0.4 is 10.1 Å². The monoisotopic (exact) mass is 269 g/mol. The summed E-state index contributed by atoms with van der Waals surface area (Å²) in [7, 11) is 0. The van der Waals surface area contributed by atoms with Gasteiger partial charge in [-0.15, -0.1) is 0 Å². The number of amides is 1. The van der Waals surface area contributed by atoms with E-state index in [0.29, 0.717) is 19.6 Å². The molecule has 2 aromatic carbocycles. The Balaban J connectivity index is 1.66. The Bertz CT molecular complexity index is 535. The van der Waals surface area contributed by atoms with E-state index in [-0.39, 0.29) is 5.91 Å². The van der Waals surface area contributed by atoms with Crippen molar-refractivity contribution in [3.05, 3.63) is 65.7 Å². The molecule has 0 aliphatic carbocycles. The van der Waals surface area contributed by atoms with Crippen LogP contribution in [0.4, 0.5) is 0 Å². The first kappa shape index (κ1) is 14.1. The molecule has 0 fully saturated rings.